The summed E-state index contributed by atoms with van der Waals surface area (Å²) in [6, 6.07) is 14.1. The SMILES string of the molecule is CCN(CC)CCC(=O)Nc1ccc2cccccc1-2. The van der Waals surface area contributed by atoms with E-state index in [1.165, 1.54) is 0 Å². The molecule has 0 fully saturated rings. The maximum atomic E-state index is 12.0. The molecule has 2 aliphatic rings. The van der Waals surface area contributed by atoms with E-state index in [1.54, 1.807) is 0 Å². The zero-order valence-corrected chi connectivity index (χ0v) is 12.2. The van der Waals surface area contributed by atoms with E-state index in [2.05, 4.69) is 30.1 Å². The maximum absolute atomic E-state index is 12.0. The first-order chi connectivity index (χ1) is 9.74. The minimum absolute atomic E-state index is 0.0795. The van der Waals surface area contributed by atoms with Crippen LogP contribution in [-0.2, 0) is 4.79 Å². The molecule has 20 heavy (non-hydrogen) atoms. The van der Waals surface area contributed by atoms with E-state index in [9.17, 15) is 4.79 Å². The predicted molar refractivity (Wildman–Crippen MR) is 84.1 cm³/mol. The van der Waals surface area contributed by atoms with Gasteiger partial charge >= 0.3 is 0 Å². The smallest absolute Gasteiger partial charge is 0.225 e. The summed E-state index contributed by atoms with van der Waals surface area (Å²) in [5.74, 6) is 0.0795. The number of rotatable bonds is 6. The van der Waals surface area contributed by atoms with E-state index in [1.807, 2.05) is 36.4 Å². The van der Waals surface area contributed by atoms with Gasteiger partial charge in [-0.3, -0.25) is 4.79 Å². The van der Waals surface area contributed by atoms with Crippen molar-refractivity contribution < 1.29 is 4.79 Å². The fourth-order valence-electron chi connectivity index (χ4n) is 2.34. The highest BCUT2D eigenvalue weighted by atomic mass is 16.1. The van der Waals surface area contributed by atoms with Gasteiger partial charge in [0.15, 0.2) is 0 Å². The van der Waals surface area contributed by atoms with Gasteiger partial charge < -0.3 is 10.2 Å². The van der Waals surface area contributed by atoms with Crippen molar-refractivity contribution in [3.05, 3.63) is 42.5 Å². The largest absolute Gasteiger partial charge is 0.325 e. The van der Waals surface area contributed by atoms with E-state index in [0.717, 1.165) is 36.4 Å². The summed E-state index contributed by atoms with van der Waals surface area (Å²) in [5.41, 5.74) is 3.14. The summed E-state index contributed by atoms with van der Waals surface area (Å²) >= 11 is 0. The highest BCUT2D eigenvalue weighted by Crippen LogP contribution is 2.31. The lowest BCUT2D eigenvalue weighted by atomic mass is 10.2. The molecule has 0 unspecified atom stereocenters. The van der Waals surface area contributed by atoms with Crippen molar-refractivity contribution in [1.29, 1.82) is 0 Å². The van der Waals surface area contributed by atoms with E-state index in [-0.39, 0.29) is 5.91 Å². The first-order valence-corrected chi connectivity index (χ1v) is 7.24. The topological polar surface area (TPSA) is 32.3 Å². The van der Waals surface area contributed by atoms with Crippen LogP contribution >= 0.6 is 0 Å². The second-order valence-corrected chi connectivity index (χ2v) is 4.85. The second kappa shape index (κ2) is 7.06. The Hall–Kier alpha value is -1.87. The molecule has 0 radical (unpaired) electrons. The number of anilines is 1. The first-order valence-electron chi connectivity index (χ1n) is 7.24. The molecular weight excluding hydrogens is 248 g/mol. The summed E-state index contributed by atoms with van der Waals surface area (Å²) in [6.45, 7) is 7.02. The van der Waals surface area contributed by atoms with Gasteiger partial charge in [-0.05, 0) is 24.7 Å². The Morgan fingerprint density at radius 3 is 2.55 bits per heavy atom. The molecule has 3 heteroatoms. The van der Waals surface area contributed by atoms with Crippen LogP contribution < -0.4 is 5.32 Å². The molecule has 1 amide bonds. The number of nitrogens with one attached hydrogen (secondary N) is 1. The van der Waals surface area contributed by atoms with Crippen molar-refractivity contribution in [2.75, 3.05) is 25.0 Å². The molecule has 0 saturated carbocycles. The van der Waals surface area contributed by atoms with Crippen LogP contribution in [0.3, 0.4) is 0 Å². The van der Waals surface area contributed by atoms with Crippen LogP contribution in [0.2, 0.25) is 0 Å². The Morgan fingerprint density at radius 1 is 1.05 bits per heavy atom. The monoisotopic (exact) mass is 270 g/mol. The van der Waals surface area contributed by atoms with Gasteiger partial charge in [-0.15, -0.1) is 0 Å². The molecule has 106 valence electrons. The molecule has 0 aromatic rings. The number of carbonyl (C=O) groups is 1. The molecule has 0 spiro atoms. The van der Waals surface area contributed by atoms with Crippen LogP contribution in [0, 0.1) is 0 Å². The van der Waals surface area contributed by atoms with Gasteiger partial charge in [0.05, 0.1) is 0 Å². The summed E-state index contributed by atoms with van der Waals surface area (Å²) in [4.78, 5) is 14.3. The van der Waals surface area contributed by atoms with Gasteiger partial charge in [0.2, 0.25) is 5.91 Å². The van der Waals surface area contributed by atoms with Gasteiger partial charge in [-0.2, -0.15) is 0 Å². The zero-order valence-electron chi connectivity index (χ0n) is 12.2. The lowest BCUT2D eigenvalue weighted by Gasteiger charge is -2.17. The Balaban J connectivity index is 1.98. The van der Waals surface area contributed by atoms with E-state index in [0.29, 0.717) is 6.42 Å². The molecule has 2 rings (SSSR count). The highest BCUT2D eigenvalue weighted by molar-refractivity contribution is 5.96. The summed E-state index contributed by atoms with van der Waals surface area (Å²) < 4.78 is 0. The summed E-state index contributed by atoms with van der Waals surface area (Å²) in [6.07, 6.45) is 0.535. The quantitative estimate of drug-likeness (QED) is 0.871. The van der Waals surface area contributed by atoms with Gasteiger partial charge in [-0.1, -0.05) is 50.2 Å². The second-order valence-electron chi connectivity index (χ2n) is 4.85. The molecule has 2 aliphatic carbocycles. The van der Waals surface area contributed by atoms with Crippen LogP contribution in [0.1, 0.15) is 20.3 Å². The Morgan fingerprint density at radius 2 is 1.80 bits per heavy atom. The lowest BCUT2D eigenvalue weighted by Crippen LogP contribution is -2.27. The Bertz CT molecular complexity index is 534. The molecule has 0 saturated heterocycles. The number of carbonyl (C=O) groups excluding carboxylic acids is 1. The number of hydrogen-bond acceptors (Lipinski definition) is 2. The first kappa shape index (κ1) is 14.5. The average Bonchev–Trinajstić information content (AvgIpc) is 2.69. The predicted octanol–water partition coefficient (Wildman–Crippen LogP) is 3.46. The Labute approximate surface area is 120 Å². The lowest BCUT2D eigenvalue weighted by molar-refractivity contribution is -0.116. The third-order valence-corrected chi connectivity index (χ3v) is 3.62. The van der Waals surface area contributed by atoms with Crippen LogP contribution in [-0.4, -0.2) is 30.4 Å². The van der Waals surface area contributed by atoms with Gasteiger partial charge in [0, 0.05) is 24.2 Å². The van der Waals surface area contributed by atoms with Gasteiger partial charge in [-0.25, -0.2) is 0 Å². The van der Waals surface area contributed by atoms with Crippen LogP contribution in [0.25, 0.3) is 11.1 Å². The molecular formula is C17H22N2O. The van der Waals surface area contributed by atoms with Crippen molar-refractivity contribution in [3.63, 3.8) is 0 Å². The van der Waals surface area contributed by atoms with Crippen LogP contribution in [0.5, 0.6) is 0 Å². The zero-order chi connectivity index (χ0) is 14.4. The number of fused-ring (bicyclic) bond motifs is 1. The normalized spacial score (nSPS) is 10.9. The van der Waals surface area contributed by atoms with E-state index >= 15 is 0 Å². The number of nitrogens with zero attached hydrogens (tertiary/aromatic N) is 1. The summed E-state index contributed by atoms with van der Waals surface area (Å²) in [7, 11) is 0. The summed E-state index contributed by atoms with van der Waals surface area (Å²) in [5, 5.41) is 3.02. The molecule has 1 N–H and O–H groups in total. The van der Waals surface area contributed by atoms with Crippen molar-refractivity contribution in [1.82, 2.24) is 4.90 Å². The molecule has 0 aromatic heterocycles. The van der Waals surface area contributed by atoms with E-state index < -0.39 is 0 Å². The standard InChI is InChI=1S/C17H22N2O/c1-3-19(4-2)13-12-17(20)18-16-11-10-14-8-6-5-7-9-15(14)16/h5-11H,3-4,12-13H2,1-2H3,(H,18,20). The fourth-order valence-corrected chi connectivity index (χ4v) is 2.34. The highest BCUT2D eigenvalue weighted by Gasteiger charge is 2.11. The molecule has 0 heterocycles. The van der Waals surface area contributed by atoms with Gasteiger partial charge in [0.25, 0.3) is 0 Å². The number of hydrogen-bond donors (Lipinski definition) is 1. The van der Waals surface area contributed by atoms with Crippen molar-refractivity contribution in [3.8, 4) is 11.1 Å². The molecule has 0 atom stereocenters. The van der Waals surface area contributed by atoms with Crippen molar-refractivity contribution in [2.45, 2.75) is 20.3 Å². The molecule has 0 bridgehead atoms. The third-order valence-electron chi connectivity index (χ3n) is 3.62. The molecule has 0 aliphatic heterocycles. The van der Waals surface area contributed by atoms with Gasteiger partial charge in [0.1, 0.15) is 0 Å². The number of amides is 1. The fraction of sp³-hybridized carbons (Fsp3) is 0.353. The minimum Gasteiger partial charge on any atom is -0.325 e. The molecule has 0 aromatic carbocycles. The van der Waals surface area contributed by atoms with Crippen LogP contribution in [0.15, 0.2) is 42.5 Å². The van der Waals surface area contributed by atoms with Crippen molar-refractivity contribution in [2.24, 2.45) is 0 Å². The van der Waals surface area contributed by atoms with E-state index in [4.69, 9.17) is 0 Å². The Kier molecular flexibility index (Phi) is 5.13. The third kappa shape index (κ3) is 3.58. The average molecular weight is 270 g/mol. The van der Waals surface area contributed by atoms with Crippen LogP contribution in [0.4, 0.5) is 5.69 Å². The minimum atomic E-state index is 0.0795. The molecule has 3 nitrogen and oxygen atoms in total. The maximum Gasteiger partial charge on any atom is 0.225 e. The van der Waals surface area contributed by atoms with Crippen molar-refractivity contribution >= 4 is 11.6 Å².